The SMILES string of the molecule is Cc1cc(Oc2ccc([N+](=O)[O-])cc2Cl)cc(C)c1C1=C(OC(=O)C(C)(C)C)[C@H]2[C@@H](C1=O)[C@H]1CC[C@@H]2O1. The molecule has 37 heavy (non-hydrogen) atoms. The molecule has 2 heterocycles. The highest BCUT2D eigenvalue weighted by Crippen LogP contribution is 2.55. The number of Topliss-reactive ketones (excluding diaryl/α,β-unsaturated/α-hetero) is 1. The Labute approximate surface area is 219 Å². The molecule has 9 heteroatoms. The van der Waals surface area contributed by atoms with Crippen molar-refractivity contribution < 1.29 is 28.7 Å². The quantitative estimate of drug-likeness (QED) is 0.255. The molecule has 194 valence electrons. The zero-order valence-electron chi connectivity index (χ0n) is 21.3. The van der Waals surface area contributed by atoms with Crippen molar-refractivity contribution >= 4 is 34.6 Å². The van der Waals surface area contributed by atoms with Crippen LogP contribution in [0.3, 0.4) is 0 Å². The number of hydrogen-bond donors (Lipinski definition) is 0. The van der Waals surface area contributed by atoms with Crippen LogP contribution in [-0.2, 0) is 19.1 Å². The number of rotatable bonds is 5. The van der Waals surface area contributed by atoms with Crippen LogP contribution in [0, 0.1) is 41.2 Å². The smallest absolute Gasteiger partial charge is 0.316 e. The lowest BCUT2D eigenvalue weighted by Crippen LogP contribution is -2.31. The molecule has 2 bridgehead atoms. The molecule has 8 nitrogen and oxygen atoms in total. The van der Waals surface area contributed by atoms with Gasteiger partial charge in [0.05, 0.1) is 45.0 Å². The van der Waals surface area contributed by atoms with Crippen molar-refractivity contribution in [1.82, 2.24) is 0 Å². The zero-order valence-corrected chi connectivity index (χ0v) is 22.0. The van der Waals surface area contributed by atoms with E-state index in [0.29, 0.717) is 17.1 Å². The van der Waals surface area contributed by atoms with Gasteiger partial charge in [0.2, 0.25) is 0 Å². The average Bonchev–Trinajstić information content (AvgIpc) is 3.48. The Bertz CT molecular complexity index is 1350. The highest BCUT2D eigenvalue weighted by Gasteiger charge is 2.60. The minimum Gasteiger partial charge on any atom is -0.456 e. The molecular formula is C28H28ClNO7. The van der Waals surface area contributed by atoms with E-state index in [4.69, 9.17) is 25.8 Å². The summed E-state index contributed by atoms with van der Waals surface area (Å²) in [6, 6.07) is 7.56. The van der Waals surface area contributed by atoms with Gasteiger partial charge < -0.3 is 14.2 Å². The van der Waals surface area contributed by atoms with E-state index in [9.17, 15) is 19.7 Å². The van der Waals surface area contributed by atoms with Crippen molar-refractivity contribution in [2.75, 3.05) is 0 Å². The summed E-state index contributed by atoms with van der Waals surface area (Å²) in [5.74, 6) is 0.119. The molecule has 4 atom stereocenters. The summed E-state index contributed by atoms with van der Waals surface area (Å²) in [5, 5.41) is 11.1. The number of fused-ring (bicyclic) bond motifs is 5. The van der Waals surface area contributed by atoms with Crippen LogP contribution in [0.2, 0.25) is 5.02 Å². The van der Waals surface area contributed by atoms with Gasteiger partial charge in [-0.15, -0.1) is 0 Å². The summed E-state index contributed by atoms with van der Waals surface area (Å²) < 4.78 is 18.0. The Kier molecular flexibility index (Phi) is 6.15. The molecule has 0 amide bonds. The Morgan fingerprint density at radius 3 is 2.27 bits per heavy atom. The van der Waals surface area contributed by atoms with E-state index >= 15 is 0 Å². The third kappa shape index (κ3) is 4.32. The van der Waals surface area contributed by atoms with Gasteiger partial charge in [0.25, 0.3) is 5.69 Å². The van der Waals surface area contributed by atoms with Crippen molar-refractivity contribution in [2.45, 2.75) is 59.7 Å². The third-order valence-corrected chi connectivity index (χ3v) is 7.59. The predicted octanol–water partition coefficient (Wildman–Crippen LogP) is 6.33. The van der Waals surface area contributed by atoms with Crippen molar-refractivity contribution in [3.8, 4) is 11.5 Å². The number of aryl methyl sites for hydroxylation is 2. The van der Waals surface area contributed by atoms with Gasteiger partial charge in [-0.2, -0.15) is 0 Å². The minimum atomic E-state index is -0.733. The maximum absolute atomic E-state index is 13.8. The minimum absolute atomic E-state index is 0.0489. The summed E-state index contributed by atoms with van der Waals surface area (Å²) in [6.07, 6.45) is 1.37. The van der Waals surface area contributed by atoms with Crippen LogP contribution in [0.25, 0.3) is 5.57 Å². The van der Waals surface area contributed by atoms with Gasteiger partial charge in [-0.25, -0.2) is 0 Å². The molecule has 3 aliphatic rings. The van der Waals surface area contributed by atoms with E-state index in [1.54, 1.807) is 32.9 Å². The fourth-order valence-corrected chi connectivity index (χ4v) is 5.82. The Morgan fingerprint density at radius 2 is 1.70 bits per heavy atom. The number of non-ortho nitro benzene ring substituents is 1. The van der Waals surface area contributed by atoms with Crippen LogP contribution in [-0.4, -0.2) is 28.9 Å². The summed E-state index contributed by atoms with van der Waals surface area (Å²) in [6.45, 7) is 9.10. The van der Waals surface area contributed by atoms with Gasteiger partial charge in [0.15, 0.2) is 5.78 Å². The molecule has 2 fully saturated rings. The normalized spacial score (nSPS) is 24.4. The number of esters is 1. The molecule has 0 unspecified atom stereocenters. The first-order chi connectivity index (χ1) is 17.4. The van der Waals surface area contributed by atoms with Crippen molar-refractivity contribution in [3.63, 3.8) is 0 Å². The molecule has 0 radical (unpaired) electrons. The summed E-state index contributed by atoms with van der Waals surface area (Å²) in [7, 11) is 0. The van der Waals surface area contributed by atoms with E-state index < -0.39 is 10.3 Å². The van der Waals surface area contributed by atoms with E-state index in [1.165, 1.54) is 18.2 Å². The third-order valence-electron chi connectivity index (χ3n) is 7.30. The van der Waals surface area contributed by atoms with Gasteiger partial charge in [0, 0.05) is 12.1 Å². The van der Waals surface area contributed by atoms with Crippen LogP contribution in [0.15, 0.2) is 36.1 Å². The first-order valence-electron chi connectivity index (χ1n) is 12.3. The van der Waals surface area contributed by atoms with E-state index in [-0.39, 0.29) is 52.3 Å². The Morgan fingerprint density at radius 1 is 1.08 bits per heavy atom. The van der Waals surface area contributed by atoms with Gasteiger partial charge in [-0.3, -0.25) is 19.7 Å². The lowest BCUT2D eigenvalue weighted by atomic mass is 9.80. The number of carbonyl (C=O) groups is 2. The Hall–Kier alpha value is -3.23. The van der Waals surface area contributed by atoms with Crippen LogP contribution in [0.5, 0.6) is 11.5 Å². The van der Waals surface area contributed by atoms with Crippen LogP contribution in [0.1, 0.15) is 50.3 Å². The molecular weight excluding hydrogens is 498 g/mol. The predicted molar refractivity (Wildman–Crippen MR) is 136 cm³/mol. The van der Waals surface area contributed by atoms with Gasteiger partial charge in [-0.1, -0.05) is 11.6 Å². The molecule has 5 rings (SSSR count). The topological polar surface area (TPSA) is 105 Å². The molecule has 0 saturated carbocycles. The monoisotopic (exact) mass is 525 g/mol. The number of nitrogens with zero attached hydrogens (tertiary/aromatic N) is 1. The number of carbonyl (C=O) groups excluding carboxylic acids is 2. The first-order valence-corrected chi connectivity index (χ1v) is 12.6. The maximum atomic E-state index is 13.8. The molecule has 2 aromatic rings. The van der Waals surface area contributed by atoms with Crippen molar-refractivity contribution in [1.29, 1.82) is 0 Å². The molecule has 0 N–H and O–H groups in total. The number of nitro benzene ring substituents is 1. The zero-order chi connectivity index (χ0) is 26.8. The number of nitro groups is 1. The molecule has 2 aliphatic heterocycles. The molecule has 0 spiro atoms. The fourth-order valence-electron chi connectivity index (χ4n) is 5.61. The first kappa shape index (κ1) is 25.4. The maximum Gasteiger partial charge on any atom is 0.316 e. The van der Waals surface area contributed by atoms with E-state index in [0.717, 1.165) is 29.5 Å². The van der Waals surface area contributed by atoms with Crippen LogP contribution in [0.4, 0.5) is 5.69 Å². The van der Waals surface area contributed by atoms with E-state index in [1.807, 2.05) is 13.8 Å². The van der Waals surface area contributed by atoms with Gasteiger partial charge in [0.1, 0.15) is 17.3 Å². The number of ketones is 1. The number of hydrogen-bond acceptors (Lipinski definition) is 7. The highest BCUT2D eigenvalue weighted by molar-refractivity contribution is 6.32. The number of halogens is 1. The molecule has 2 aromatic carbocycles. The molecule has 0 aromatic heterocycles. The lowest BCUT2D eigenvalue weighted by molar-refractivity contribution is -0.384. The highest BCUT2D eigenvalue weighted by atomic mass is 35.5. The second-order valence-corrected chi connectivity index (χ2v) is 11.4. The molecule has 2 saturated heterocycles. The number of benzene rings is 2. The van der Waals surface area contributed by atoms with Crippen LogP contribution < -0.4 is 4.74 Å². The summed E-state index contributed by atoms with van der Waals surface area (Å²) in [4.78, 5) is 37.2. The van der Waals surface area contributed by atoms with Gasteiger partial charge >= 0.3 is 5.97 Å². The van der Waals surface area contributed by atoms with Crippen molar-refractivity contribution in [3.05, 3.63) is 67.9 Å². The second-order valence-electron chi connectivity index (χ2n) is 11.0. The Balaban J connectivity index is 1.55. The average molecular weight is 526 g/mol. The number of ether oxygens (including phenoxy) is 3. The van der Waals surface area contributed by atoms with Crippen molar-refractivity contribution in [2.24, 2.45) is 17.3 Å². The summed E-state index contributed by atoms with van der Waals surface area (Å²) in [5.41, 5.74) is 1.85. The van der Waals surface area contributed by atoms with Crippen LogP contribution >= 0.6 is 11.6 Å². The number of allylic oxidation sites excluding steroid dienone is 1. The second kappa shape index (κ2) is 8.96. The largest absolute Gasteiger partial charge is 0.456 e. The van der Waals surface area contributed by atoms with Gasteiger partial charge in [-0.05, 0) is 82.3 Å². The summed E-state index contributed by atoms with van der Waals surface area (Å²) >= 11 is 6.21. The molecule has 1 aliphatic carbocycles. The lowest BCUT2D eigenvalue weighted by Gasteiger charge is -2.24. The standard InChI is InChI=1S/C28H28ClNO7/c1-13-10-16(35-18-7-6-15(30(33)34)12-17(18)29)11-14(2)21(13)24-25(31)22-19-8-9-20(36-19)23(22)26(24)37-27(32)28(3,4)5/h6-7,10-12,19-20,22-23H,8-9H2,1-5H3/t19-,20+,22+,23-/m1/s1. The van der Waals surface area contributed by atoms with E-state index in [2.05, 4.69) is 0 Å². The fraction of sp³-hybridized carbons (Fsp3) is 0.429.